The van der Waals surface area contributed by atoms with E-state index in [4.69, 9.17) is 0 Å². The molecule has 0 saturated carbocycles. The summed E-state index contributed by atoms with van der Waals surface area (Å²) in [5, 5.41) is 0. The summed E-state index contributed by atoms with van der Waals surface area (Å²) >= 11 is 3.24. The molecule has 1 fully saturated rings. The maximum Gasteiger partial charge on any atom is 0.252 e. The molecule has 4 nitrogen and oxygen atoms in total. The Labute approximate surface area is 115 Å². The molecule has 5 heteroatoms. The van der Waals surface area contributed by atoms with Gasteiger partial charge in [0, 0.05) is 29.8 Å². The maximum atomic E-state index is 12.1. The number of amides is 1. The van der Waals surface area contributed by atoms with Crippen molar-refractivity contribution in [1.29, 1.82) is 0 Å². The minimum absolute atomic E-state index is 0.0336. The van der Waals surface area contributed by atoms with Gasteiger partial charge in [-0.1, -0.05) is 22.9 Å². The van der Waals surface area contributed by atoms with Crippen LogP contribution < -0.4 is 5.56 Å². The van der Waals surface area contributed by atoms with Crippen molar-refractivity contribution in [2.45, 2.75) is 26.3 Å². The summed E-state index contributed by atoms with van der Waals surface area (Å²) in [5.41, 5.74) is -0.150. The Morgan fingerprint density at radius 2 is 2.11 bits per heavy atom. The fourth-order valence-corrected chi connectivity index (χ4v) is 2.43. The Morgan fingerprint density at radius 1 is 1.44 bits per heavy atom. The Kier molecular flexibility index (Phi) is 4.22. The number of hydrogen-bond acceptors (Lipinski definition) is 2. The van der Waals surface area contributed by atoms with Gasteiger partial charge < -0.3 is 9.47 Å². The molecule has 1 amide bonds. The Bertz CT molecular complexity index is 490. The summed E-state index contributed by atoms with van der Waals surface area (Å²) in [5.74, 6) is 0.732. The van der Waals surface area contributed by atoms with Gasteiger partial charge in [0.1, 0.15) is 6.54 Å². The number of likely N-dealkylation sites (tertiary alicyclic amines) is 1. The molecule has 1 aliphatic rings. The van der Waals surface area contributed by atoms with Crippen LogP contribution in [0.4, 0.5) is 0 Å². The molecule has 0 radical (unpaired) electrons. The molecule has 2 heterocycles. The number of carbonyl (C=O) groups excluding carboxylic acids is 1. The van der Waals surface area contributed by atoms with Crippen molar-refractivity contribution in [3.63, 3.8) is 0 Å². The summed E-state index contributed by atoms with van der Waals surface area (Å²) in [7, 11) is 0. The van der Waals surface area contributed by atoms with E-state index in [-0.39, 0.29) is 18.0 Å². The van der Waals surface area contributed by atoms with Gasteiger partial charge >= 0.3 is 0 Å². The number of rotatable bonds is 2. The molecule has 1 aliphatic heterocycles. The number of pyridine rings is 1. The van der Waals surface area contributed by atoms with Gasteiger partial charge in [0.25, 0.3) is 5.56 Å². The minimum atomic E-state index is -0.150. The predicted molar refractivity (Wildman–Crippen MR) is 73.4 cm³/mol. The van der Waals surface area contributed by atoms with E-state index in [1.807, 2.05) is 4.90 Å². The molecule has 0 bridgehead atoms. The number of aromatic nitrogens is 1. The average molecular weight is 313 g/mol. The van der Waals surface area contributed by atoms with E-state index in [0.29, 0.717) is 5.92 Å². The van der Waals surface area contributed by atoms with Gasteiger partial charge in [-0.05, 0) is 24.8 Å². The number of nitrogens with zero attached hydrogens (tertiary/aromatic N) is 2. The van der Waals surface area contributed by atoms with Crippen LogP contribution in [0.25, 0.3) is 0 Å². The molecule has 98 valence electrons. The smallest absolute Gasteiger partial charge is 0.252 e. The van der Waals surface area contributed by atoms with Gasteiger partial charge in [0.15, 0.2) is 0 Å². The highest BCUT2D eigenvalue weighted by Crippen LogP contribution is 2.16. The highest BCUT2D eigenvalue weighted by molar-refractivity contribution is 9.10. The number of carbonyl (C=O) groups is 1. The van der Waals surface area contributed by atoms with Crippen LogP contribution in [0.2, 0.25) is 0 Å². The molecule has 18 heavy (non-hydrogen) atoms. The summed E-state index contributed by atoms with van der Waals surface area (Å²) in [6.45, 7) is 3.97. The van der Waals surface area contributed by atoms with E-state index in [0.717, 1.165) is 30.4 Å². The number of piperidine rings is 1. The van der Waals surface area contributed by atoms with Crippen LogP contribution >= 0.6 is 15.9 Å². The lowest BCUT2D eigenvalue weighted by atomic mass is 9.99. The van der Waals surface area contributed by atoms with Crippen molar-refractivity contribution in [1.82, 2.24) is 9.47 Å². The van der Waals surface area contributed by atoms with Gasteiger partial charge in [-0.15, -0.1) is 0 Å². The fourth-order valence-electron chi connectivity index (χ4n) is 2.12. The van der Waals surface area contributed by atoms with Crippen LogP contribution in [0.3, 0.4) is 0 Å². The summed E-state index contributed by atoms with van der Waals surface area (Å²) < 4.78 is 2.19. The highest BCUT2D eigenvalue weighted by Gasteiger charge is 2.20. The first-order valence-corrected chi connectivity index (χ1v) is 6.99. The zero-order chi connectivity index (χ0) is 13.1. The normalized spacial score (nSPS) is 16.9. The second-order valence-electron chi connectivity index (χ2n) is 4.87. The van der Waals surface area contributed by atoms with Crippen LogP contribution in [-0.4, -0.2) is 28.5 Å². The third-order valence-corrected chi connectivity index (χ3v) is 3.89. The van der Waals surface area contributed by atoms with Crippen LogP contribution in [0.5, 0.6) is 0 Å². The van der Waals surface area contributed by atoms with E-state index >= 15 is 0 Å². The van der Waals surface area contributed by atoms with E-state index in [9.17, 15) is 9.59 Å². The van der Waals surface area contributed by atoms with Crippen LogP contribution in [0, 0.1) is 5.92 Å². The van der Waals surface area contributed by atoms with Crippen molar-refractivity contribution in [2.75, 3.05) is 13.1 Å². The monoisotopic (exact) mass is 312 g/mol. The van der Waals surface area contributed by atoms with E-state index in [1.165, 1.54) is 10.6 Å². The zero-order valence-electron chi connectivity index (χ0n) is 10.4. The van der Waals surface area contributed by atoms with E-state index < -0.39 is 0 Å². The predicted octanol–water partition coefficient (Wildman–Crippen LogP) is 1.87. The van der Waals surface area contributed by atoms with Crippen LogP contribution in [0.15, 0.2) is 27.6 Å². The molecule has 1 aromatic heterocycles. The van der Waals surface area contributed by atoms with E-state index in [1.54, 1.807) is 12.3 Å². The highest BCUT2D eigenvalue weighted by atomic mass is 79.9. The molecule has 1 aromatic rings. The first kappa shape index (κ1) is 13.3. The van der Waals surface area contributed by atoms with Crippen molar-refractivity contribution < 1.29 is 4.79 Å². The standard InChI is InChI=1S/C13H17BrN2O2/c1-10-2-5-15(6-3-10)13(18)9-16-7-4-11(14)8-12(16)17/h4,7-8,10H,2-3,5-6,9H2,1H3. The number of halogens is 1. The van der Waals surface area contributed by atoms with Gasteiger partial charge in [-0.3, -0.25) is 9.59 Å². The molecule has 0 atom stereocenters. The zero-order valence-corrected chi connectivity index (χ0v) is 12.0. The topological polar surface area (TPSA) is 42.3 Å². The molecule has 0 unspecified atom stereocenters. The molecule has 2 rings (SSSR count). The third kappa shape index (κ3) is 3.22. The second kappa shape index (κ2) is 5.69. The van der Waals surface area contributed by atoms with Crippen molar-refractivity contribution >= 4 is 21.8 Å². The molecule has 0 N–H and O–H groups in total. The lowest BCUT2D eigenvalue weighted by Gasteiger charge is -2.30. The van der Waals surface area contributed by atoms with Gasteiger partial charge in [0.05, 0.1) is 0 Å². The second-order valence-corrected chi connectivity index (χ2v) is 5.79. The largest absolute Gasteiger partial charge is 0.341 e. The first-order valence-electron chi connectivity index (χ1n) is 6.20. The van der Waals surface area contributed by atoms with Crippen LogP contribution in [0.1, 0.15) is 19.8 Å². The van der Waals surface area contributed by atoms with Crippen LogP contribution in [-0.2, 0) is 11.3 Å². The minimum Gasteiger partial charge on any atom is -0.341 e. The summed E-state index contributed by atoms with van der Waals surface area (Å²) in [6.07, 6.45) is 3.76. The first-order chi connectivity index (χ1) is 8.56. The third-order valence-electron chi connectivity index (χ3n) is 3.40. The van der Waals surface area contributed by atoms with Crippen molar-refractivity contribution in [3.05, 3.63) is 33.2 Å². The number of hydrogen-bond donors (Lipinski definition) is 0. The molecule has 0 spiro atoms. The quantitative estimate of drug-likeness (QED) is 0.836. The summed E-state index contributed by atoms with van der Waals surface area (Å²) in [6, 6.07) is 3.25. The lowest BCUT2D eigenvalue weighted by molar-refractivity contribution is -0.133. The maximum absolute atomic E-state index is 12.1. The van der Waals surface area contributed by atoms with E-state index in [2.05, 4.69) is 22.9 Å². The average Bonchev–Trinajstić information content (AvgIpc) is 2.33. The summed E-state index contributed by atoms with van der Waals surface area (Å²) in [4.78, 5) is 25.6. The lowest BCUT2D eigenvalue weighted by Crippen LogP contribution is -2.41. The Morgan fingerprint density at radius 3 is 2.72 bits per heavy atom. The van der Waals surface area contributed by atoms with Crippen molar-refractivity contribution in [2.24, 2.45) is 5.92 Å². The fraction of sp³-hybridized carbons (Fsp3) is 0.538. The molecule has 1 saturated heterocycles. The Balaban J connectivity index is 2.01. The molecule has 0 aliphatic carbocycles. The van der Waals surface area contributed by atoms with Gasteiger partial charge in [-0.25, -0.2) is 0 Å². The van der Waals surface area contributed by atoms with Crippen molar-refractivity contribution in [3.8, 4) is 0 Å². The molecule has 0 aromatic carbocycles. The Hall–Kier alpha value is -1.10. The molecular weight excluding hydrogens is 296 g/mol. The SMILES string of the molecule is CC1CCN(C(=O)Cn2ccc(Br)cc2=O)CC1. The van der Waals surface area contributed by atoms with Gasteiger partial charge in [-0.2, -0.15) is 0 Å². The molecular formula is C13H17BrN2O2. The van der Waals surface area contributed by atoms with Gasteiger partial charge in [0.2, 0.25) is 5.91 Å².